The number of hydrogen-bond donors (Lipinski definition) is 0. The minimum absolute atomic E-state index is 0.535. The molecule has 1 aliphatic heterocycles. The minimum atomic E-state index is 0.535. The Morgan fingerprint density at radius 3 is 3.14 bits per heavy atom. The molecule has 4 nitrogen and oxygen atoms in total. The van der Waals surface area contributed by atoms with Crippen molar-refractivity contribution in [3.8, 4) is 0 Å². The number of pyridine rings is 1. The summed E-state index contributed by atoms with van der Waals surface area (Å²) in [6, 6.07) is 8.71. The average Bonchev–Trinajstić information content (AvgIpc) is 3.18. The third-order valence-electron chi connectivity index (χ3n) is 4.49. The molecule has 4 rings (SSSR count). The summed E-state index contributed by atoms with van der Waals surface area (Å²) in [5.74, 6) is 0.535. The zero-order valence-corrected chi connectivity index (χ0v) is 13.6. The molecule has 0 saturated carbocycles. The first kappa shape index (κ1) is 13.9. The van der Waals surface area contributed by atoms with Crippen molar-refractivity contribution in [2.24, 2.45) is 7.05 Å². The average molecular weight is 312 g/mol. The minimum Gasteiger partial charge on any atom is -0.298 e. The maximum atomic E-state index is 4.87. The molecule has 1 atom stereocenters. The van der Waals surface area contributed by atoms with Gasteiger partial charge < -0.3 is 0 Å². The second-order valence-corrected chi connectivity index (χ2v) is 7.10. The summed E-state index contributed by atoms with van der Waals surface area (Å²) in [4.78, 5) is 8.89. The van der Waals surface area contributed by atoms with Crippen LogP contribution in [-0.4, -0.2) is 32.8 Å². The first-order chi connectivity index (χ1) is 10.8. The smallest absolute Gasteiger partial charge is 0.157 e. The fraction of sp³-hybridized carbons (Fsp3) is 0.412. The van der Waals surface area contributed by atoms with E-state index >= 15 is 0 Å². The van der Waals surface area contributed by atoms with Gasteiger partial charge in [-0.15, -0.1) is 11.3 Å². The van der Waals surface area contributed by atoms with Gasteiger partial charge in [0.15, 0.2) is 5.65 Å². The maximum absolute atomic E-state index is 4.87. The highest BCUT2D eigenvalue weighted by atomic mass is 32.1. The summed E-state index contributed by atoms with van der Waals surface area (Å²) in [5.41, 5.74) is 2.21. The van der Waals surface area contributed by atoms with Crippen molar-refractivity contribution in [3.63, 3.8) is 0 Å². The van der Waals surface area contributed by atoms with E-state index in [0.29, 0.717) is 5.92 Å². The van der Waals surface area contributed by atoms with Crippen molar-refractivity contribution >= 4 is 22.4 Å². The number of fused-ring (bicyclic) bond motifs is 1. The van der Waals surface area contributed by atoms with Gasteiger partial charge in [-0.05, 0) is 43.0 Å². The molecule has 1 aliphatic rings. The molecular formula is C17H20N4S. The predicted octanol–water partition coefficient (Wildman–Crippen LogP) is 3.41. The topological polar surface area (TPSA) is 34.0 Å². The third-order valence-corrected chi connectivity index (χ3v) is 5.35. The summed E-state index contributed by atoms with van der Waals surface area (Å²) < 4.78 is 1.87. The number of aromatic nitrogens is 3. The van der Waals surface area contributed by atoms with E-state index in [1.807, 2.05) is 29.3 Å². The Bertz CT molecular complexity index is 762. The second kappa shape index (κ2) is 5.82. The standard InChI is InChI=1S/C17H20N4S/c1-20-17-13(10-18-20)6-7-16(19-17)14-4-2-8-21(11-14)12-15-5-3-9-22-15/h3,5-7,9-10,14H,2,4,8,11-12H2,1H3/t14-/m0/s1. The molecule has 0 aromatic carbocycles. The normalized spacial score (nSPS) is 19.8. The van der Waals surface area contributed by atoms with E-state index in [9.17, 15) is 0 Å². The Hall–Kier alpha value is -1.72. The highest BCUT2D eigenvalue weighted by Gasteiger charge is 2.23. The monoisotopic (exact) mass is 312 g/mol. The van der Waals surface area contributed by atoms with Crippen molar-refractivity contribution in [1.29, 1.82) is 0 Å². The van der Waals surface area contributed by atoms with Gasteiger partial charge in [0.2, 0.25) is 0 Å². The van der Waals surface area contributed by atoms with Crippen molar-refractivity contribution < 1.29 is 0 Å². The third kappa shape index (κ3) is 2.66. The molecule has 0 unspecified atom stereocenters. The van der Waals surface area contributed by atoms with Gasteiger partial charge in [0, 0.05) is 42.0 Å². The first-order valence-electron chi connectivity index (χ1n) is 7.83. The first-order valence-corrected chi connectivity index (χ1v) is 8.71. The van der Waals surface area contributed by atoms with Crippen LogP contribution < -0.4 is 0 Å². The van der Waals surface area contributed by atoms with Gasteiger partial charge in [-0.25, -0.2) is 4.98 Å². The van der Waals surface area contributed by atoms with Crippen LogP contribution >= 0.6 is 11.3 Å². The largest absolute Gasteiger partial charge is 0.298 e. The van der Waals surface area contributed by atoms with E-state index < -0.39 is 0 Å². The lowest BCUT2D eigenvalue weighted by Crippen LogP contribution is -2.34. The lowest BCUT2D eigenvalue weighted by Gasteiger charge is -2.32. The van der Waals surface area contributed by atoms with Crippen LogP contribution in [0.25, 0.3) is 11.0 Å². The zero-order valence-electron chi connectivity index (χ0n) is 12.8. The van der Waals surface area contributed by atoms with E-state index in [0.717, 1.165) is 24.1 Å². The summed E-state index contributed by atoms with van der Waals surface area (Å²) in [5, 5.41) is 7.58. The highest BCUT2D eigenvalue weighted by Crippen LogP contribution is 2.28. The van der Waals surface area contributed by atoms with Crippen LogP contribution in [-0.2, 0) is 13.6 Å². The molecule has 3 aromatic rings. The van der Waals surface area contributed by atoms with Crippen LogP contribution in [0, 0.1) is 0 Å². The Balaban J connectivity index is 1.54. The van der Waals surface area contributed by atoms with Crippen molar-refractivity contribution in [1.82, 2.24) is 19.7 Å². The van der Waals surface area contributed by atoms with Gasteiger partial charge in [0.25, 0.3) is 0 Å². The Kier molecular flexibility index (Phi) is 3.68. The molecule has 3 aromatic heterocycles. The fourth-order valence-corrected chi connectivity index (χ4v) is 4.07. The second-order valence-electron chi connectivity index (χ2n) is 6.07. The number of hydrogen-bond acceptors (Lipinski definition) is 4. The molecule has 114 valence electrons. The number of rotatable bonds is 3. The Morgan fingerprint density at radius 2 is 2.27 bits per heavy atom. The molecule has 0 N–H and O–H groups in total. The molecule has 0 amide bonds. The summed E-state index contributed by atoms with van der Waals surface area (Å²) >= 11 is 1.85. The fourth-order valence-electron chi connectivity index (χ4n) is 3.33. The molecule has 1 saturated heterocycles. The number of aryl methyl sites for hydroxylation is 1. The SMILES string of the molecule is Cn1ncc2ccc([C@H]3CCCN(Cc4cccs4)C3)nc21. The van der Waals surface area contributed by atoms with Crippen molar-refractivity contribution in [2.45, 2.75) is 25.3 Å². The highest BCUT2D eigenvalue weighted by molar-refractivity contribution is 7.09. The van der Waals surface area contributed by atoms with E-state index in [4.69, 9.17) is 4.98 Å². The molecule has 0 bridgehead atoms. The Morgan fingerprint density at radius 1 is 1.32 bits per heavy atom. The van der Waals surface area contributed by atoms with Crippen LogP contribution in [0.1, 0.15) is 29.3 Å². The van der Waals surface area contributed by atoms with Crippen LogP contribution in [0.3, 0.4) is 0 Å². The van der Waals surface area contributed by atoms with Gasteiger partial charge in [-0.1, -0.05) is 6.07 Å². The number of thiophene rings is 1. The van der Waals surface area contributed by atoms with Crippen LogP contribution in [0.2, 0.25) is 0 Å². The number of piperidine rings is 1. The summed E-state index contributed by atoms with van der Waals surface area (Å²) in [6.07, 6.45) is 4.37. The lowest BCUT2D eigenvalue weighted by molar-refractivity contribution is 0.200. The molecule has 0 spiro atoms. The molecule has 1 fully saturated rings. The lowest BCUT2D eigenvalue weighted by atomic mass is 9.94. The molecule has 0 radical (unpaired) electrons. The maximum Gasteiger partial charge on any atom is 0.157 e. The number of likely N-dealkylation sites (tertiary alicyclic amines) is 1. The van der Waals surface area contributed by atoms with Crippen LogP contribution in [0.4, 0.5) is 0 Å². The van der Waals surface area contributed by atoms with E-state index in [1.54, 1.807) is 0 Å². The van der Waals surface area contributed by atoms with Gasteiger partial charge >= 0.3 is 0 Å². The number of nitrogens with zero attached hydrogens (tertiary/aromatic N) is 4. The Labute approximate surface area is 134 Å². The quantitative estimate of drug-likeness (QED) is 0.743. The van der Waals surface area contributed by atoms with E-state index in [1.165, 1.54) is 30.0 Å². The van der Waals surface area contributed by atoms with Gasteiger partial charge in [0.05, 0.1) is 6.20 Å². The predicted molar refractivity (Wildman–Crippen MR) is 90.1 cm³/mol. The van der Waals surface area contributed by atoms with Crippen LogP contribution in [0.15, 0.2) is 35.8 Å². The van der Waals surface area contributed by atoms with Gasteiger partial charge in [-0.2, -0.15) is 5.10 Å². The molecule has 22 heavy (non-hydrogen) atoms. The van der Waals surface area contributed by atoms with E-state index in [-0.39, 0.29) is 0 Å². The summed E-state index contributed by atoms with van der Waals surface area (Å²) in [6.45, 7) is 3.37. The van der Waals surface area contributed by atoms with E-state index in [2.05, 4.69) is 39.6 Å². The zero-order chi connectivity index (χ0) is 14.9. The molecule has 5 heteroatoms. The van der Waals surface area contributed by atoms with Crippen molar-refractivity contribution in [2.75, 3.05) is 13.1 Å². The molecule has 0 aliphatic carbocycles. The van der Waals surface area contributed by atoms with Gasteiger partial charge in [0.1, 0.15) is 0 Å². The van der Waals surface area contributed by atoms with Crippen molar-refractivity contribution in [3.05, 3.63) is 46.4 Å². The van der Waals surface area contributed by atoms with Gasteiger partial charge in [-0.3, -0.25) is 9.58 Å². The summed E-state index contributed by atoms with van der Waals surface area (Å²) in [7, 11) is 1.96. The molecular weight excluding hydrogens is 292 g/mol. The molecule has 4 heterocycles. The van der Waals surface area contributed by atoms with Crippen LogP contribution in [0.5, 0.6) is 0 Å².